The van der Waals surface area contributed by atoms with Crippen LogP contribution in [0.25, 0.3) is 20.2 Å². The normalized spacial score (nSPS) is 14.9. The van der Waals surface area contributed by atoms with Gasteiger partial charge in [-0.3, -0.25) is 0 Å². The zero-order valence-electron chi connectivity index (χ0n) is 12.3. The molecule has 3 aromatic rings. The average molecular weight is 318 g/mol. The average Bonchev–Trinajstić information content (AvgIpc) is 3.24. The third-order valence-corrected chi connectivity index (χ3v) is 5.44. The molecule has 1 nitrogen and oxygen atoms in total. The molecule has 2 aromatic carbocycles. The zero-order chi connectivity index (χ0) is 15.3. The molecule has 4 rings (SSSR count). The lowest BCUT2D eigenvalue weighted by Crippen LogP contribution is -1.94. The minimum atomic E-state index is -0.385. The van der Waals surface area contributed by atoms with E-state index in [1.54, 1.807) is 6.07 Å². The van der Waals surface area contributed by atoms with Gasteiger partial charge in [-0.2, -0.15) is 0 Å². The Morgan fingerprint density at radius 1 is 1.05 bits per heavy atom. The molecule has 1 heterocycles. The second-order valence-electron chi connectivity index (χ2n) is 5.85. The first-order valence-corrected chi connectivity index (χ1v) is 8.45. The van der Waals surface area contributed by atoms with Crippen molar-refractivity contribution in [3.8, 4) is 5.75 Å². The summed E-state index contributed by atoms with van der Waals surface area (Å²) >= 11 is 1.19. The van der Waals surface area contributed by atoms with Crippen molar-refractivity contribution < 1.29 is 13.5 Å². The summed E-state index contributed by atoms with van der Waals surface area (Å²) in [4.78, 5) is 0. The molecule has 22 heavy (non-hydrogen) atoms. The molecule has 1 aliphatic rings. The number of fused-ring (bicyclic) bond motifs is 3. The highest BCUT2D eigenvalue weighted by atomic mass is 32.1. The number of rotatable bonds is 4. The Balaban J connectivity index is 1.91. The van der Waals surface area contributed by atoms with E-state index in [2.05, 4.69) is 0 Å². The highest BCUT2D eigenvalue weighted by molar-refractivity contribution is 7.25. The summed E-state index contributed by atoms with van der Waals surface area (Å²) in [6.45, 7) is 2.23. The minimum Gasteiger partial charge on any atom is -0.491 e. The van der Waals surface area contributed by atoms with Crippen molar-refractivity contribution in [2.24, 2.45) is 5.92 Å². The van der Waals surface area contributed by atoms with Gasteiger partial charge in [0, 0.05) is 10.8 Å². The van der Waals surface area contributed by atoms with Gasteiger partial charge >= 0.3 is 0 Å². The third kappa shape index (κ3) is 2.17. The first-order valence-electron chi connectivity index (χ1n) is 7.64. The molecule has 1 saturated carbocycles. The standard InChI is InChI=1S/C18H16F2OS/c1-2-21-14-8-7-13-12-6-5-11(9-10-3-4-10)15(19)17(12)22-18(13)16(14)20/h5-8,10H,2-4,9H2,1H3. The van der Waals surface area contributed by atoms with Gasteiger partial charge in [0.1, 0.15) is 5.82 Å². The number of hydrogen-bond acceptors (Lipinski definition) is 2. The first-order chi connectivity index (χ1) is 10.7. The van der Waals surface area contributed by atoms with Gasteiger partial charge in [-0.05, 0) is 49.8 Å². The molecule has 4 heteroatoms. The molecule has 1 fully saturated rings. The van der Waals surface area contributed by atoms with E-state index in [1.807, 2.05) is 25.1 Å². The highest BCUT2D eigenvalue weighted by Crippen LogP contribution is 2.41. The number of hydrogen-bond donors (Lipinski definition) is 0. The number of ether oxygens (including phenoxy) is 1. The van der Waals surface area contributed by atoms with Crippen LogP contribution in [-0.2, 0) is 6.42 Å². The van der Waals surface area contributed by atoms with Crippen molar-refractivity contribution in [3.63, 3.8) is 0 Å². The van der Waals surface area contributed by atoms with E-state index in [0.29, 0.717) is 21.9 Å². The van der Waals surface area contributed by atoms with Gasteiger partial charge in [-0.1, -0.05) is 12.1 Å². The van der Waals surface area contributed by atoms with Crippen LogP contribution < -0.4 is 4.74 Å². The van der Waals surface area contributed by atoms with Gasteiger partial charge in [0.15, 0.2) is 11.6 Å². The summed E-state index contributed by atoms with van der Waals surface area (Å²) in [5.41, 5.74) is 0.756. The van der Waals surface area contributed by atoms with E-state index in [4.69, 9.17) is 4.74 Å². The van der Waals surface area contributed by atoms with Crippen molar-refractivity contribution in [3.05, 3.63) is 41.5 Å². The molecule has 0 radical (unpaired) electrons. The van der Waals surface area contributed by atoms with Gasteiger partial charge in [-0.15, -0.1) is 11.3 Å². The van der Waals surface area contributed by atoms with Crippen molar-refractivity contribution in [2.75, 3.05) is 6.61 Å². The van der Waals surface area contributed by atoms with Crippen LogP contribution in [0, 0.1) is 17.6 Å². The fourth-order valence-electron chi connectivity index (χ4n) is 2.92. The van der Waals surface area contributed by atoms with Gasteiger partial charge in [0.2, 0.25) is 0 Å². The lowest BCUT2D eigenvalue weighted by molar-refractivity contribution is 0.323. The van der Waals surface area contributed by atoms with Crippen molar-refractivity contribution in [1.29, 1.82) is 0 Å². The fraction of sp³-hybridized carbons (Fsp3) is 0.333. The summed E-state index contributed by atoms with van der Waals surface area (Å²) in [5, 5.41) is 1.55. The molecule has 0 atom stereocenters. The van der Waals surface area contributed by atoms with Crippen molar-refractivity contribution >= 4 is 31.5 Å². The van der Waals surface area contributed by atoms with Crippen LogP contribution in [0.1, 0.15) is 25.3 Å². The van der Waals surface area contributed by atoms with Crippen LogP contribution in [-0.4, -0.2) is 6.61 Å². The summed E-state index contributed by atoms with van der Waals surface area (Å²) in [7, 11) is 0. The molecule has 0 amide bonds. The maximum Gasteiger partial charge on any atom is 0.182 e. The van der Waals surface area contributed by atoms with Crippen LogP contribution in [0.2, 0.25) is 0 Å². The Hall–Kier alpha value is -1.68. The quantitative estimate of drug-likeness (QED) is 0.601. The van der Waals surface area contributed by atoms with E-state index in [1.165, 1.54) is 24.2 Å². The Kier molecular flexibility index (Phi) is 3.30. The van der Waals surface area contributed by atoms with Crippen molar-refractivity contribution in [1.82, 2.24) is 0 Å². The zero-order valence-corrected chi connectivity index (χ0v) is 13.1. The Labute approximate surface area is 131 Å². The molecule has 1 aromatic heterocycles. The Bertz CT molecular complexity index is 865. The monoisotopic (exact) mass is 318 g/mol. The van der Waals surface area contributed by atoms with Gasteiger partial charge < -0.3 is 4.74 Å². The fourth-order valence-corrected chi connectivity index (χ4v) is 4.11. The summed E-state index contributed by atoms with van der Waals surface area (Å²) in [6, 6.07) is 7.23. The summed E-state index contributed by atoms with van der Waals surface area (Å²) < 4.78 is 35.6. The lowest BCUT2D eigenvalue weighted by atomic mass is 10.0. The molecule has 0 unspecified atom stereocenters. The molecule has 114 valence electrons. The predicted octanol–water partition coefficient (Wildman–Crippen LogP) is 5.68. The summed E-state index contributed by atoms with van der Waals surface area (Å²) in [5.74, 6) is 0.300. The van der Waals surface area contributed by atoms with Crippen molar-refractivity contribution in [2.45, 2.75) is 26.2 Å². The van der Waals surface area contributed by atoms with E-state index >= 15 is 0 Å². The molecule has 0 spiro atoms. The third-order valence-electron chi connectivity index (χ3n) is 4.24. The molecule has 0 bridgehead atoms. The van der Waals surface area contributed by atoms with E-state index < -0.39 is 0 Å². The van der Waals surface area contributed by atoms with E-state index in [9.17, 15) is 8.78 Å². The molecular weight excluding hydrogens is 302 g/mol. The topological polar surface area (TPSA) is 9.23 Å². The van der Waals surface area contributed by atoms with Crippen LogP contribution >= 0.6 is 11.3 Å². The van der Waals surface area contributed by atoms with Crippen LogP contribution in [0.4, 0.5) is 8.78 Å². The molecule has 0 N–H and O–H groups in total. The maximum atomic E-state index is 14.7. The molecule has 0 saturated heterocycles. The van der Waals surface area contributed by atoms with Gasteiger partial charge in [0.25, 0.3) is 0 Å². The second kappa shape index (κ2) is 5.20. The first kappa shape index (κ1) is 13.9. The maximum absolute atomic E-state index is 14.7. The predicted molar refractivity (Wildman–Crippen MR) is 86.8 cm³/mol. The number of thiophene rings is 1. The van der Waals surface area contributed by atoms with E-state index in [0.717, 1.165) is 22.8 Å². The minimum absolute atomic E-state index is 0.178. The van der Waals surface area contributed by atoms with Gasteiger partial charge in [0.05, 0.1) is 16.0 Å². The number of halogens is 2. The number of benzene rings is 2. The lowest BCUT2D eigenvalue weighted by Gasteiger charge is -2.04. The Morgan fingerprint density at radius 2 is 1.73 bits per heavy atom. The summed E-state index contributed by atoms with van der Waals surface area (Å²) in [6.07, 6.45) is 3.18. The van der Waals surface area contributed by atoms with Gasteiger partial charge in [-0.25, -0.2) is 8.78 Å². The Morgan fingerprint density at radius 3 is 2.41 bits per heavy atom. The van der Waals surface area contributed by atoms with Crippen LogP contribution in [0.5, 0.6) is 5.75 Å². The second-order valence-corrected chi connectivity index (χ2v) is 6.87. The van der Waals surface area contributed by atoms with Crippen LogP contribution in [0.3, 0.4) is 0 Å². The smallest absolute Gasteiger partial charge is 0.182 e. The SMILES string of the molecule is CCOc1ccc2c(sc3c(F)c(CC4CC4)ccc32)c1F. The molecular formula is C18H16F2OS. The highest BCUT2D eigenvalue weighted by Gasteiger charge is 2.24. The largest absolute Gasteiger partial charge is 0.491 e. The molecule has 1 aliphatic carbocycles. The van der Waals surface area contributed by atoms with Crippen LogP contribution in [0.15, 0.2) is 24.3 Å². The van der Waals surface area contributed by atoms with E-state index in [-0.39, 0.29) is 17.4 Å². The molecule has 0 aliphatic heterocycles.